The Hall–Kier alpha value is -4.38. The Labute approximate surface area is 360 Å². The molecule has 0 spiro atoms. The van der Waals surface area contributed by atoms with E-state index in [1.54, 1.807) is 12.2 Å². The Balaban J connectivity index is 4.14. The standard InChI is InChI=1S/C48H72NO10P/c1-3-5-7-9-11-13-15-17-19-20-21-22-23-24-26-27-29-31-33-35-37-39-46(51)49-45(48(53)54)43-59-60(55,56)58-42-44(50)41-57-47(52)40-38-36-34-32-30-28-25-18-16-14-12-10-8-6-4-2/h5-8,11-14,17-19,21-22,24-26,29-32,35,37,44-45,50H,3-4,9-10,15-16,20,23,27-28,33-34,36,38-43H2,1-2H3,(H,49,51)(H,53,54)(H,55,56)/b7-5-,8-6-,13-11-,14-12-,19-17-,22-21-,25-18-,26-24-,31-29-,32-30-,37-35-. The lowest BCUT2D eigenvalue weighted by Gasteiger charge is -2.18. The average Bonchev–Trinajstić information content (AvgIpc) is 3.22. The molecule has 60 heavy (non-hydrogen) atoms. The number of esters is 1. The number of hydrogen-bond donors (Lipinski definition) is 4. The molecule has 4 N–H and O–H groups in total. The molecule has 0 fully saturated rings. The third kappa shape index (κ3) is 40.4. The van der Waals surface area contributed by atoms with Crippen LogP contribution in [0.4, 0.5) is 0 Å². The summed E-state index contributed by atoms with van der Waals surface area (Å²) in [6.45, 7) is 2.21. The number of unbranched alkanes of at least 4 members (excludes halogenated alkanes) is 2. The molecule has 0 saturated carbocycles. The van der Waals surface area contributed by atoms with Crippen LogP contribution in [0, 0.1) is 0 Å². The van der Waals surface area contributed by atoms with Crippen LogP contribution in [0.5, 0.6) is 0 Å². The lowest BCUT2D eigenvalue weighted by Crippen LogP contribution is -2.43. The quantitative estimate of drug-likeness (QED) is 0.0204. The summed E-state index contributed by atoms with van der Waals surface area (Å²) in [6, 6.07) is -1.62. The van der Waals surface area contributed by atoms with Gasteiger partial charge in [-0.15, -0.1) is 0 Å². The smallest absolute Gasteiger partial charge is 0.472 e. The Morgan fingerprint density at radius 3 is 1.35 bits per heavy atom. The number of phosphoric ester groups is 1. The van der Waals surface area contributed by atoms with E-state index in [1.165, 1.54) is 0 Å². The zero-order chi connectivity index (χ0) is 44.2. The first-order valence-corrected chi connectivity index (χ1v) is 22.7. The number of nitrogens with one attached hydrogen (secondary N) is 1. The van der Waals surface area contributed by atoms with E-state index < -0.39 is 57.6 Å². The van der Waals surface area contributed by atoms with Crippen LogP contribution >= 0.6 is 7.82 Å². The lowest BCUT2D eigenvalue weighted by atomic mass is 10.2. The zero-order valence-electron chi connectivity index (χ0n) is 35.9. The van der Waals surface area contributed by atoms with Gasteiger partial charge in [0.2, 0.25) is 5.91 Å². The molecule has 334 valence electrons. The molecule has 3 unspecified atom stereocenters. The van der Waals surface area contributed by atoms with Gasteiger partial charge in [-0.2, -0.15) is 0 Å². The number of phosphoric acid groups is 1. The van der Waals surface area contributed by atoms with Gasteiger partial charge in [-0.05, 0) is 89.9 Å². The van der Waals surface area contributed by atoms with Crippen molar-refractivity contribution in [3.63, 3.8) is 0 Å². The minimum absolute atomic E-state index is 0.101. The van der Waals surface area contributed by atoms with E-state index in [0.29, 0.717) is 12.8 Å². The number of aliphatic hydroxyl groups excluding tert-OH is 1. The van der Waals surface area contributed by atoms with Crippen LogP contribution in [0.3, 0.4) is 0 Å². The number of aliphatic carboxylic acids is 1. The number of carbonyl (C=O) groups excluding carboxylic acids is 2. The molecule has 0 aliphatic rings. The van der Waals surface area contributed by atoms with Crippen molar-refractivity contribution in [2.24, 2.45) is 0 Å². The summed E-state index contributed by atoms with van der Waals surface area (Å²) in [7, 11) is -4.80. The number of hydrogen-bond acceptors (Lipinski definition) is 8. The van der Waals surface area contributed by atoms with Crippen molar-refractivity contribution >= 4 is 25.7 Å². The van der Waals surface area contributed by atoms with Crippen LogP contribution in [0.2, 0.25) is 0 Å². The van der Waals surface area contributed by atoms with Gasteiger partial charge in [0.15, 0.2) is 6.04 Å². The second-order valence-electron chi connectivity index (χ2n) is 13.4. The minimum atomic E-state index is -4.80. The van der Waals surface area contributed by atoms with Crippen LogP contribution in [0.1, 0.15) is 117 Å². The number of rotatable bonds is 37. The van der Waals surface area contributed by atoms with Crippen molar-refractivity contribution in [2.45, 2.75) is 129 Å². The predicted octanol–water partition coefficient (Wildman–Crippen LogP) is 11.0. The number of amides is 1. The van der Waals surface area contributed by atoms with Crippen molar-refractivity contribution in [3.8, 4) is 0 Å². The Morgan fingerprint density at radius 1 is 0.550 bits per heavy atom. The summed E-state index contributed by atoms with van der Waals surface area (Å²) in [6.07, 6.45) is 56.6. The second-order valence-corrected chi connectivity index (χ2v) is 14.9. The lowest BCUT2D eigenvalue weighted by molar-refractivity contribution is -0.147. The molecule has 0 aliphatic heterocycles. The molecule has 1 amide bonds. The van der Waals surface area contributed by atoms with E-state index in [0.717, 1.165) is 77.0 Å². The SMILES string of the molecule is CC/C=C\C/C=C\C/C=C\C/C=C\C/C=C\C/C=C\C/C=C\CC(=O)NC(COP(=O)(O)OCC(O)COC(=O)CCCC/C=C\C/C=C\C/C=C\C/C=C\CC)C(=O)O. The summed E-state index contributed by atoms with van der Waals surface area (Å²) in [5.41, 5.74) is 0. The fourth-order valence-corrected chi connectivity index (χ4v) is 5.51. The van der Waals surface area contributed by atoms with Gasteiger partial charge >= 0.3 is 19.8 Å². The minimum Gasteiger partial charge on any atom is -0.480 e. The summed E-state index contributed by atoms with van der Waals surface area (Å²) in [5.74, 6) is -2.62. The Bertz CT molecular complexity index is 1520. The van der Waals surface area contributed by atoms with Crippen LogP contribution in [0.25, 0.3) is 0 Å². The van der Waals surface area contributed by atoms with E-state index in [4.69, 9.17) is 13.8 Å². The third-order valence-corrected chi connectivity index (χ3v) is 8.91. The number of aliphatic hydroxyl groups is 1. The summed E-state index contributed by atoms with van der Waals surface area (Å²) >= 11 is 0. The molecule has 0 aliphatic carbocycles. The van der Waals surface area contributed by atoms with E-state index in [1.807, 2.05) is 12.2 Å². The monoisotopic (exact) mass is 853 g/mol. The van der Waals surface area contributed by atoms with Gasteiger partial charge < -0.3 is 25.2 Å². The van der Waals surface area contributed by atoms with Crippen LogP contribution in [0.15, 0.2) is 134 Å². The Kier molecular flexibility index (Phi) is 38.3. The van der Waals surface area contributed by atoms with Gasteiger partial charge in [0.25, 0.3) is 0 Å². The molecule has 3 atom stereocenters. The number of ether oxygens (including phenoxy) is 1. The summed E-state index contributed by atoms with van der Waals surface area (Å²) in [5, 5.41) is 21.7. The second kappa shape index (κ2) is 41.4. The molecule has 0 rings (SSSR count). The first kappa shape index (κ1) is 55.6. The van der Waals surface area contributed by atoms with Gasteiger partial charge in [0.05, 0.1) is 13.2 Å². The molecular weight excluding hydrogens is 781 g/mol. The molecule has 0 heterocycles. The molecule has 0 aromatic heterocycles. The molecule has 0 aromatic carbocycles. The first-order valence-electron chi connectivity index (χ1n) is 21.2. The van der Waals surface area contributed by atoms with Crippen molar-refractivity contribution < 1.29 is 47.8 Å². The molecule has 0 bridgehead atoms. The summed E-state index contributed by atoms with van der Waals surface area (Å²) in [4.78, 5) is 45.8. The third-order valence-electron chi connectivity index (χ3n) is 7.96. The van der Waals surface area contributed by atoms with Crippen molar-refractivity contribution in [3.05, 3.63) is 134 Å². The van der Waals surface area contributed by atoms with Crippen molar-refractivity contribution in [1.29, 1.82) is 0 Å². The van der Waals surface area contributed by atoms with Crippen LogP contribution in [-0.2, 0) is 32.7 Å². The highest BCUT2D eigenvalue weighted by atomic mass is 31.2. The highest BCUT2D eigenvalue weighted by molar-refractivity contribution is 7.47. The topological polar surface area (TPSA) is 169 Å². The van der Waals surface area contributed by atoms with Gasteiger partial charge in [0, 0.05) is 12.8 Å². The van der Waals surface area contributed by atoms with Gasteiger partial charge in [-0.1, -0.05) is 148 Å². The largest absolute Gasteiger partial charge is 0.480 e. The highest BCUT2D eigenvalue weighted by Crippen LogP contribution is 2.43. The summed E-state index contributed by atoms with van der Waals surface area (Å²) < 4.78 is 26.7. The van der Waals surface area contributed by atoms with Crippen LogP contribution < -0.4 is 5.32 Å². The number of allylic oxidation sites excluding steroid dienone is 21. The first-order chi connectivity index (χ1) is 29.1. The molecule has 0 radical (unpaired) electrons. The molecule has 0 saturated heterocycles. The zero-order valence-corrected chi connectivity index (χ0v) is 36.8. The highest BCUT2D eigenvalue weighted by Gasteiger charge is 2.28. The van der Waals surface area contributed by atoms with Gasteiger partial charge in [0.1, 0.15) is 12.7 Å². The van der Waals surface area contributed by atoms with Crippen LogP contribution in [-0.4, -0.2) is 64.9 Å². The van der Waals surface area contributed by atoms with E-state index in [-0.39, 0.29) is 12.8 Å². The molecule has 12 heteroatoms. The van der Waals surface area contributed by atoms with E-state index >= 15 is 0 Å². The van der Waals surface area contributed by atoms with Gasteiger partial charge in [-0.3, -0.25) is 18.6 Å². The normalized spacial score (nSPS) is 15.0. The maximum atomic E-state index is 12.3. The van der Waals surface area contributed by atoms with E-state index in [2.05, 4.69) is 129 Å². The maximum Gasteiger partial charge on any atom is 0.472 e. The molecule has 11 nitrogen and oxygen atoms in total. The van der Waals surface area contributed by atoms with Crippen molar-refractivity contribution in [1.82, 2.24) is 5.32 Å². The number of carboxylic acid groups (broad SMARTS) is 1. The van der Waals surface area contributed by atoms with E-state index in [9.17, 15) is 34.1 Å². The van der Waals surface area contributed by atoms with Crippen molar-refractivity contribution in [2.75, 3.05) is 19.8 Å². The fourth-order valence-electron chi connectivity index (χ4n) is 4.74. The van der Waals surface area contributed by atoms with Gasteiger partial charge in [-0.25, -0.2) is 9.36 Å². The number of carbonyl (C=O) groups is 3. The number of carboxylic acids is 1. The average molecular weight is 854 g/mol. The Morgan fingerprint density at radius 2 is 0.933 bits per heavy atom. The predicted molar refractivity (Wildman–Crippen MR) is 244 cm³/mol. The fraction of sp³-hybridized carbons (Fsp3) is 0.479. The molecule has 0 aromatic rings. The maximum absolute atomic E-state index is 12.3. The molecular formula is C48H72NO10P.